The second-order valence-corrected chi connectivity index (χ2v) is 7.36. The van der Waals surface area contributed by atoms with Crippen LogP contribution in [0.4, 0.5) is 17.2 Å². The molecule has 0 saturated carbocycles. The third kappa shape index (κ3) is 4.00. The summed E-state index contributed by atoms with van der Waals surface area (Å²) in [4.78, 5) is 14.3. The molecule has 0 atom stereocenters. The predicted molar refractivity (Wildman–Crippen MR) is 119 cm³/mol. The Kier molecular flexibility index (Phi) is 5.58. The first kappa shape index (κ1) is 19.2. The van der Waals surface area contributed by atoms with Crippen LogP contribution in [-0.2, 0) is 0 Å². The van der Waals surface area contributed by atoms with Gasteiger partial charge in [-0.05, 0) is 57.4 Å². The van der Waals surface area contributed by atoms with Crippen molar-refractivity contribution >= 4 is 22.9 Å². The number of anilines is 2. The zero-order valence-electron chi connectivity index (χ0n) is 17.2. The van der Waals surface area contributed by atoms with E-state index in [1.807, 2.05) is 36.5 Å². The quantitative estimate of drug-likeness (QED) is 0.618. The number of methoxy groups -OCH3 is 1. The summed E-state index contributed by atoms with van der Waals surface area (Å²) in [6, 6.07) is 20.5. The highest BCUT2D eigenvalue weighted by Gasteiger charge is 2.24. The Morgan fingerprint density at radius 3 is 2.69 bits per heavy atom. The minimum Gasteiger partial charge on any atom is -0.497 e. The first-order valence-corrected chi connectivity index (χ1v) is 9.87. The number of benzene rings is 2. The molecule has 0 bridgehead atoms. The number of aliphatic imine (C=N–C) groups is 1. The second kappa shape index (κ2) is 8.45. The van der Waals surface area contributed by atoms with Crippen molar-refractivity contribution in [3.8, 4) is 5.75 Å². The van der Waals surface area contributed by atoms with Gasteiger partial charge in [0.1, 0.15) is 11.4 Å². The second-order valence-electron chi connectivity index (χ2n) is 7.36. The molecule has 0 radical (unpaired) electrons. The summed E-state index contributed by atoms with van der Waals surface area (Å²) >= 11 is 0. The van der Waals surface area contributed by atoms with Crippen LogP contribution in [0, 0.1) is 0 Å². The van der Waals surface area contributed by atoms with E-state index in [4.69, 9.17) is 14.7 Å². The molecule has 148 valence electrons. The van der Waals surface area contributed by atoms with Crippen molar-refractivity contribution in [1.29, 1.82) is 0 Å². The van der Waals surface area contributed by atoms with Crippen molar-refractivity contribution < 1.29 is 4.74 Å². The molecule has 1 aliphatic heterocycles. The first-order valence-electron chi connectivity index (χ1n) is 9.87. The average Bonchev–Trinajstić information content (AvgIpc) is 2.89. The van der Waals surface area contributed by atoms with Crippen LogP contribution >= 0.6 is 0 Å². The lowest BCUT2D eigenvalue weighted by atomic mass is 10.00. The van der Waals surface area contributed by atoms with Crippen molar-refractivity contribution in [3.63, 3.8) is 0 Å². The molecule has 0 unspecified atom stereocenters. The highest BCUT2D eigenvalue weighted by atomic mass is 16.5. The predicted octanol–water partition coefficient (Wildman–Crippen LogP) is 4.66. The van der Waals surface area contributed by atoms with Crippen LogP contribution in [-0.4, -0.2) is 49.9 Å². The van der Waals surface area contributed by atoms with E-state index in [1.54, 1.807) is 7.11 Å². The van der Waals surface area contributed by atoms with Crippen LogP contribution in [0.5, 0.6) is 5.75 Å². The molecule has 5 nitrogen and oxygen atoms in total. The maximum absolute atomic E-state index is 5.45. The van der Waals surface area contributed by atoms with E-state index in [0.29, 0.717) is 0 Å². The van der Waals surface area contributed by atoms with Crippen molar-refractivity contribution in [2.75, 3.05) is 39.2 Å². The van der Waals surface area contributed by atoms with Gasteiger partial charge in [0.25, 0.3) is 0 Å². The van der Waals surface area contributed by atoms with Crippen molar-refractivity contribution in [1.82, 2.24) is 9.88 Å². The molecule has 1 aliphatic rings. The summed E-state index contributed by atoms with van der Waals surface area (Å²) in [5.41, 5.74) is 5.07. The molecular formula is C24H26N4O. The largest absolute Gasteiger partial charge is 0.497 e. The van der Waals surface area contributed by atoms with Gasteiger partial charge in [-0.15, -0.1) is 0 Å². The maximum Gasteiger partial charge on any atom is 0.159 e. The van der Waals surface area contributed by atoms with Gasteiger partial charge < -0.3 is 14.5 Å². The Bertz CT molecular complexity index is 1030. The highest BCUT2D eigenvalue weighted by molar-refractivity contribution is 6.18. The van der Waals surface area contributed by atoms with E-state index in [0.717, 1.165) is 59.3 Å². The number of hydrogen-bond donors (Lipinski definition) is 0. The lowest BCUT2D eigenvalue weighted by Gasteiger charge is -2.26. The zero-order valence-corrected chi connectivity index (χ0v) is 17.2. The number of aromatic nitrogens is 1. The van der Waals surface area contributed by atoms with Gasteiger partial charge in [0.15, 0.2) is 5.82 Å². The molecular weight excluding hydrogens is 360 g/mol. The Hall–Kier alpha value is -3.18. The summed E-state index contributed by atoms with van der Waals surface area (Å²) in [6.45, 7) is 1.89. The van der Waals surface area contributed by atoms with Crippen LogP contribution < -0.4 is 9.64 Å². The van der Waals surface area contributed by atoms with E-state index in [1.165, 1.54) is 0 Å². The van der Waals surface area contributed by atoms with Gasteiger partial charge in [-0.3, -0.25) is 0 Å². The van der Waals surface area contributed by atoms with Crippen LogP contribution in [0.1, 0.15) is 17.5 Å². The van der Waals surface area contributed by atoms with Gasteiger partial charge in [-0.25, -0.2) is 9.98 Å². The van der Waals surface area contributed by atoms with Crippen LogP contribution in [0.15, 0.2) is 71.9 Å². The molecule has 5 heteroatoms. The lowest BCUT2D eigenvalue weighted by Crippen LogP contribution is -2.24. The number of ether oxygens (including phenoxy) is 1. The molecule has 2 aromatic carbocycles. The van der Waals surface area contributed by atoms with Gasteiger partial charge in [-0.1, -0.05) is 30.3 Å². The van der Waals surface area contributed by atoms with E-state index >= 15 is 0 Å². The number of fused-ring (bicyclic) bond motifs is 2. The van der Waals surface area contributed by atoms with Gasteiger partial charge >= 0.3 is 0 Å². The maximum atomic E-state index is 5.45. The molecule has 29 heavy (non-hydrogen) atoms. The Labute approximate surface area is 172 Å². The fraction of sp³-hybridized carbons (Fsp3) is 0.250. The van der Waals surface area contributed by atoms with Gasteiger partial charge in [0, 0.05) is 23.9 Å². The van der Waals surface area contributed by atoms with Gasteiger partial charge in [-0.2, -0.15) is 0 Å². The third-order valence-corrected chi connectivity index (χ3v) is 5.03. The van der Waals surface area contributed by atoms with Crippen LogP contribution in [0.25, 0.3) is 0 Å². The van der Waals surface area contributed by atoms with Crippen LogP contribution in [0.3, 0.4) is 0 Å². The van der Waals surface area contributed by atoms with Crippen molar-refractivity contribution in [2.45, 2.75) is 6.42 Å². The number of hydrogen-bond acceptors (Lipinski definition) is 5. The normalized spacial score (nSPS) is 12.8. The number of nitrogens with zero attached hydrogens (tertiary/aromatic N) is 4. The summed E-state index contributed by atoms with van der Waals surface area (Å²) in [5, 5.41) is 0. The van der Waals surface area contributed by atoms with Gasteiger partial charge in [0.05, 0.1) is 18.5 Å². The molecule has 0 N–H and O–H groups in total. The SMILES string of the molecule is COc1cccc(C2=Nc3cccnc3N(CCCN(C)C)c3ccccc32)c1. The average molecular weight is 386 g/mol. The third-order valence-electron chi connectivity index (χ3n) is 5.03. The number of pyridine rings is 1. The van der Waals surface area contributed by atoms with Crippen LogP contribution in [0.2, 0.25) is 0 Å². The standard InChI is InChI=1S/C24H26N4O/c1-27(2)15-8-16-28-22-13-5-4-11-20(22)23(18-9-6-10-19(17-18)29-3)26-21-12-7-14-25-24(21)28/h4-7,9-14,17H,8,15-16H2,1-3H3. The molecule has 0 fully saturated rings. The topological polar surface area (TPSA) is 41.0 Å². The monoisotopic (exact) mass is 386 g/mol. The minimum absolute atomic E-state index is 0.821. The first-order chi connectivity index (χ1) is 14.2. The van der Waals surface area contributed by atoms with Crippen molar-refractivity contribution in [3.05, 3.63) is 78.0 Å². The molecule has 4 rings (SSSR count). The summed E-state index contributed by atoms with van der Waals surface area (Å²) in [6.07, 6.45) is 2.87. The summed E-state index contributed by atoms with van der Waals surface area (Å²) < 4.78 is 5.45. The molecule has 0 amide bonds. The molecule has 2 heterocycles. The summed E-state index contributed by atoms with van der Waals surface area (Å²) in [7, 11) is 5.90. The zero-order chi connectivity index (χ0) is 20.2. The number of para-hydroxylation sites is 1. The fourth-order valence-corrected chi connectivity index (χ4v) is 3.65. The van der Waals surface area contributed by atoms with E-state index in [9.17, 15) is 0 Å². The molecule has 0 saturated heterocycles. The number of rotatable bonds is 6. The lowest BCUT2D eigenvalue weighted by molar-refractivity contribution is 0.402. The van der Waals surface area contributed by atoms with E-state index in [-0.39, 0.29) is 0 Å². The molecule has 3 aromatic rings. The van der Waals surface area contributed by atoms with E-state index < -0.39 is 0 Å². The Balaban J connectivity index is 1.86. The van der Waals surface area contributed by atoms with E-state index in [2.05, 4.69) is 54.2 Å². The minimum atomic E-state index is 0.821. The fourth-order valence-electron chi connectivity index (χ4n) is 3.65. The Morgan fingerprint density at radius 2 is 1.86 bits per heavy atom. The Morgan fingerprint density at radius 1 is 1.00 bits per heavy atom. The molecule has 1 aromatic heterocycles. The molecule has 0 spiro atoms. The van der Waals surface area contributed by atoms with Gasteiger partial charge in [0.2, 0.25) is 0 Å². The van der Waals surface area contributed by atoms with Crippen molar-refractivity contribution in [2.24, 2.45) is 4.99 Å². The smallest absolute Gasteiger partial charge is 0.159 e. The summed E-state index contributed by atoms with van der Waals surface area (Å²) in [5.74, 6) is 1.72. The highest BCUT2D eigenvalue weighted by Crippen LogP contribution is 2.39. The molecule has 0 aliphatic carbocycles.